The summed E-state index contributed by atoms with van der Waals surface area (Å²) in [6.07, 6.45) is 2.00. The minimum absolute atomic E-state index is 0.0583. The van der Waals surface area contributed by atoms with Crippen molar-refractivity contribution in [2.75, 3.05) is 38.1 Å². The average molecular weight is 368 g/mol. The fourth-order valence-electron chi connectivity index (χ4n) is 3.28. The number of amides is 3. The normalized spacial score (nSPS) is 16.8. The number of hydrogen-bond acceptors (Lipinski definition) is 4. The summed E-state index contributed by atoms with van der Waals surface area (Å²) in [5.74, 6) is 0.258. The van der Waals surface area contributed by atoms with Crippen molar-refractivity contribution in [1.82, 2.24) is 14.8 Å². The van der Waals surface area contributed by atoms with E-state index in [-0.39, 0.29) is 24.1 Å². The highest BCUT2D eigenvalue weighted by molar-refractivity contribution is 5.99. The second-order valence-corrected chi connectivity index (χ2v) is 6.53. The van der Waals surface area contributed by atoms with E-state index >= 15 is 0 Å². The number of anilines is 1. The lowest BCUT2D eigenvalue weighted by Crippen LogP contribution is -2.50. The third-order valence-corrected chi connectivity index (χ3v) is 4.77. The molecule has 3 amide bonds. The van der Waals surface area contributed by atoms with Gasteiger partial charge >= 0.3 is 0 Å². The Hall–Kier alpha value is -3.29. The van der Waals surface area contributed by atoms with Gasteiger partial charge in [0.05, 0.1) is 18.7 Å². The highest BCUT2D eigenvalue weighted by Crippen LogP contribution is 2.28. The number of hydrogen-bond donors (Lipinski definition) is 2. The molecule has 2 N–H and O–H groups in total. The molecule has 140 valence electrons. The Morgan fingerprint density at radius 3 is 2.44 bits per heavy atom. The van der Waals surface area contributed by atoms with E-state index in [0.29, 0.717) is 55.5 Å². The number of rotatable bonds is 2. The molecule has 27 heavy (non-hydrogen) atoms. The Kier molecular flexibility index (Phi) is 4.53. The number of fused-ring (bicyclic) bond motifs is 1. The van der Waals surface area contributed by atoms with E-state index in [9.17, 15) is 14.4 Å². The number of benzene rings is 1. The fraction of sp³-hybridized carbons (Fsp3) is 0.316. The lowest BCUT2D eigenvalue weighted by Gasteiger charge is -2.34. The first-order valence-corrected chi connectivity index (χ1v) is 8.90. The molecule has 4 rings (SSSR count). The second kappa shape index (κ2) is 7.14. The molecule has 0 saturated carbocycles. The van der Waals surface area contributed by atoms with Gasteiger partial charge in [-0.15, -0.1) is 0 Å². The maximum atomic E-state index is 12.8. The molecule has 8 nitrogen and oxygen atoms in total. The number of nitrogens with zero attached hydrogens (tertiary/aromatic N) is 2. The van der Waals surface area contributed by atoms with Crippen LogP contribution in [0.5, 0.6) is 5.75 Å². The van der Waals surface area contributed by atoms with E-state index in [0.717, 1.165) is 0 Å². The first-order valence-electron chi connectivity index (χ1n) is 8.90. The van der Waals surface area contributed by atoms with Crippen molar-refractivity contribution in [1.29, 1.82) is 0 Å². The van der Waals surface area contributed by atoms with Crippen LogP contribution in [0.2, 0.25) is 0 Å². The first-order chi connectivity index (χ1) is 13.1. The van der Waals surface area contributed by atoms with Gasteiger partial charge in [0.15, 0.2) is 0 Å². The van der Waals surface area contributed by atoms with Crippen molar-refractivity contribution in [2.24, 2.45) is 0 Å². The van der Waals surface area contributed by atoms with E-state index in [2.05, 4.69) is 10.3 Å². The summed E-state index contributed by atoms with van der Waals surface area (Å²) in [6, 6.07) is 8.59. The van der Waals surface area contributed by atoms with Crippen LogP contribution in [-0.4, -0.2) is 65.3 Å². The van der Waals surface area contributed by atoms with E-state index in [1.54, 1.807) is 46.3 Å². The fourth-order valence-corrected chi connectivity index (χ4v) is 3.28. The number of ether oxygens (including phenoxy) is 1. The zero-order valence-electron chi connectivity index (χ0n) is 14.7. The summed E-state index contributed by atoms with van der Waals surface area (Å²) in [4.78, 5) is 43.3. The quantitative estimate of drug-likeness (QED) is 0.836. The number of aromatic nitrogens is 1. The summed E-state index contributed by atoms with van der Waals surface area (Å²) >= 11 is 0. The minimum Gasteiger partial charge on any atom is -0.491 e. The standard InChI is InChI=1S/C19H20N4O4/c24-17-5-11-27-16-4-3-13(12-15(16)21-17)18(25)22-7-9-23(10-8-22)19(26)14-2-1-6-20-14/h1-4,6,12,20H,5,7-11H2,(H,21,24). The Labute approximate surface area is 156 Å². The topological polar surface area (TPSA) is 94.7 Å². The third-order valence-electron chi connectivity index (χ3n) is 4.77. The molecule has 8 heteroatoms. The molecule has 1 saturated heterocycles. The Morgan fingerprint density at radius 1 is 1.00 bits per heavy atom. The van der Waals surface area contributed by atoms with Crippen molar-refractivity contribution < 1.29 is 19.1 Å². The zero-order valence-corrected chi connectivity index (χ0v) is 14.7. The van der Waals surface area contributed by atoms with E-state index in [1.165, 1.54) is 0 Å². The van der Waals surface area contributed by atoms with Crippen molar-refractivity contribution in [2.45, 2.75) is 6.42 Å². The molecular formula is C19H20N4O4. The van der Waals surface area contributed by atoms with Crippen molar-refractivity contribution in [3.8, 4) is 5.75 Å². The van der Waals surface area contributed by atoms with Crippen LogP contribution < -0.4 is 10.1 Å². The van der Waals surface area contributed by atoms with Crippen LogP contribution in [0.4, 0.5) is 5.69 Å². The molecule has 0 aliphatic carbocycles. The van der Waals surface area contributed by atoms with E-state index in [1.807, 2.05) is 0 Å². The van der Waals surface area contributed by atoms with Crippen LogP contribution in [0.1, 0.15) is 27.3 Å². The minimum atomic E-state index is -0.130. The monoisotopic (exact) mass is 368 g/mol. The lowest BCUT2D eigenvalue weighted by molar-refractivity contribution is -0.116. The van der Waals surface area contributed by atoms with Crippen LogP contribution >= 0.6 is 0 Å². The SMILES string of the molecule is O=C1CCOc2ccc(C(=O)N3CCN(C(=O)c4ccc[nH]4)CC3)cc2N1. The predicted octanol–water partition coefficient (Wildman–Crippen LogP) is 1.33. The van der Waals surface area contributed by atoms with Crippen LogP contribution in [-0.2, 0) is 4.79 Å². The maximum absolute atomic E-state index is 12.8. The van der Waals surface area contributed by atoms with Gasteiger partial charge in [-0.25, -0.2) is 0 Å². The summed E-state index contributed by atoms with van der Waals surface area (Å²) in [6.45, 7) is 2.21. The van der Waals surface area contributed by atoms with Gasteiger partial charge < -0.3 is 24.8 Å². The Balaban J connectivity index is 1.42. The molecule has 2 aliphatic heterocycles. The van der Waals surface area contributed by atoms with Crippen molar-refractivity contribution in [3.05, 3.63) is 47.8 Å². The number of H-pyrrole nitrogens is 1. The highest BCUT2D eigenvalue weighted by atomic mass is 16.5. The Morgan fingerprint density at radius 2 is 1.74 bits per heavy atom. The van der Waals surface area contributed by atoms with Gasteiger partial charge in [-0.05, 0) is 30.3 Å². The van der Waals surface area contributed by atoms with Crippen LogP contribution in [0.3, 0.4) is 0 Å². The van der Waals surface area contributed by atoms with Gasteiger partial charge in [0.1, 0.15) is 11.4 Å². The molecule has 1 fully saturated rings. The molecule has 3 heterocycles. The smallest absolute Gasteiger partial charge is 0.270 e. The number of aromatic amines is 1. The second-order valence-electron chi connectivity index (χ2n) is 6.53. The van der Waals surface area contributed by atoms with Gasteiger partial charge in [0.2, 0.25) is 5.91 Å². The lowest BCUT2D eigenvalue weighted by atomic mass is 10.1. The summed E-state index contributed by atoms with van der Waals surface area (Å²) < 4.78 is 5.52. The zero-order chi connectivity index (χ0) is 18.8. The van der Waals surface area contributed by atoms with Crippen LogP contribution in [0.25, 0.3) is 0 Å². The van der Waals surface area contributed by atoms with E-state index in [4.69, 9.17) is 4.74 Å². The Bertz CT molecular complexity index is 870. The van der Waals surface area contributed by atoms with Gasteiger partial charge in [-0.2, -0.15) is 0 Å². The highest BCUT2D eigenvalue weighted by Gasteiger charge is 2.26. The number of carbonyl (C=O) groups excluding carboxylic acids is 3. The molecule has 0 spiro atoms. The largest absolute Gasteiger partial charge is 0.491 e. The molecule has 0 atom stereocenters. The average Bonchev–Trinajstić information content (AvgIpc) is 3.16. The molecular weight excluding hydrogens is 348 g/mol. The summed E-state index contributed by atoms with van der Waals surface area (Å²) in [5.41, 5.74) is 1.56. The van der Waals surface area contributed by atoms with Gasteiger partial charge in [-0.3, -0.25) is 14.4 Å². The van der Waals surface area contributed by atoms with Crippen LogP contribution in [0, 0.1) is 0 Å². The van der Waals surface area contributed by atoms with Crippen molar-refractivity contribution >= 4 is 23.4 Å². The van der Waals surface area contributed by atoms with Crippen LogP contribution in [0.15, 0.2) is 36.5 Å². The summed E-state index contributed by atoms with van der Waals surface area (Å²) in [5, 5.41) is 2.77. The van der Waals surface area contributed by atoms with E-state index < -0.39 is 0 Å². The third kappa shape index (κ3) is 3.51. The predicted molar refractivity (Wildman–Crippen MR) is 97.8 cm³/mol. The maximum Gasteiger partial charge on any atom is 0.270 e. The van der Waals surface area contributed by atoms with Gasteiger partial charge in [-0.1, -0.05) is 0 Å². The van der Waals surface area contributed by atoms with Gasteiger partial charge in [0.25, 0.3) is 11.8 Å². The molecule has 1 aromatic heterocycles. The number of piperazine rings is 1. The number of nitrogens with one attached hydrogen (secondary N) is 2. The molecule has 2 aromatic rings. The summed E-state index contributed by atoms with van der Waals surface area (Å²) in [7, 11) is 0. The molecule has 1 aromatic carbocycles. The van der Waals surface area contributed by atoms with Gasteiger partial charge in [0, 0.05) is 37.9 Å². The molecule has 0 unspecified atom stereocenters. The molecule has 0 bridgehead atoms. The van der Waals surface area contributed by atoms with Crippen molar-refractivity contribution in [3.63, 3.8) is 0 Å². The molecule has 0 radical (unpaired) electrons. The number of carbonyl (C=O) groups is 3. The molecule has 2 aliphatic rings. The first kappa shape index (κ1) is 17.1.